The number of imide groups is 1. The molecule has 1 aromatic heterocycles. The summed E-state index contributed by atoms with van der Waals surface area (Å²) in [5.74, 6) is -0.181. The average molecular weight is 470 g/mol. The highest BCUT2D eigenvalue weighted by Crippen LogP contribution is 2.30. The maximum Gasteiger partial charge on any atom is 0.501 e. The number of aromatic nitrogens is 2. The standard InChI is InChI=1S/C22H15ClFN4O3S/c23-16-4-2-1-3-15(16)20-25-18(31-26-20)12-27-17-9-10-32-19(17)21(29)28(22(27)30)11-13-5-7-14(24)8-6-13/h1-10,19H,11-12H2/q+1. The molecule has 160 valence electrons. The fourth-order valence-electron chi connectivity index (χ4n) is 3.54. The van der Waals surface area contributed by atoms with Gasteiger partial charge in [-0.05, 0) is 41.3 Å². The number of thioether (sulfide) groups is 1. The lowest BCUT2D eigenvalue weighted by molar-refractivity contribution is -0.458. The largest absolute Gasteiger partial charge is 0.501 e. The lowest BCUT2D eigenvalue weighted by atomic mass is 10.1. The van der Waals surface area contributed by atoms with E-state index in [0.717, 1.165) is 4.90 Å². The first-order valence-electron chi connectivity index (χ1n) is 9.65. The number of urea groups is 1. The van der Waals surface area contributed by atoms with Gasteiger partial charge in [0.05, 0.1) is 5.02 Å². The average Bonchev–Trinajstić information content (AvgIpc) is 3.46. The zero-order valence-electron chi connectivity index (χ0n) is 16.4. The molecule has 7 nitrogen and oxygen atoms in total. The minimum Gasteiger partial charge on any atom is -0.335 e. The molecule has 5 rings (SSSR count). The van der Waals surface area contributed by atoms with Gasteiger partial charge in [-0.3, -0.25) is 0 Å². The molecule has 2 aromatic carbocycles. The monoisotopic (exact) mass is 469 g/mol. The number of amides is 3. The number of benzene rings is 2. The van der Waals surface area contributed by atoms with Crippen LogP contribution in [0.3, 0.4) is 0 Å². The van der Waals surface area contributed by atoms with Crippen molar-refractivity contribution in [1.82, 2.24) is 15.0 Å². The fourth-order valence-corrected chi connectivity index (χ4v) is 4.72. The topological polar surface area (TPSA) is 79.3 Å². The third kappa shape index (κ3) is 3.74. The van der Waals surface area contributed by atoms with Gasteiger partial charge in [0.25, 0.3) is 5.89 Å². The van der Waals surface area contributed by atoms with Crippen molar-refractivity contribution in [3.63, 3.8) is 0 Å². The summed E-state index contributed by atoms with van der Waals surface area (Å²) in [5, 5.41) is 5.70. The Labute approximate surface area is 191 Å². The molecule has 0 N–H and O–H groups in total. The number of rotatable bonds is 5. The predicted molar refractivity (Wildman–Crippen MR) is 117 cm³/mol. The van der Waals surface area contributed by atoms with Crippen molar-refractivity contribution in [3.05, 3.63) is 82.3 Å². The smallest absolute Gasteiger partial charge is 0.335 e. The van der Waals surface area contributed by atoms with Crippen molar-refractivity contribution in [2.75, 3.05) is 0 Å². The van der Waals surface area contributed by atoms with Crippen molar-refractivity contribution in [2.45, 2.75) is 18.3 Å². The van der Waals surface area contributed by atoms with Crippen LogP contribution >= 0.6 is 23.4 Å². The lowest BCUT2D eigenvalue weighted by Crippen LogP contribution is -2.54. The summed E-state index contributed by atoms with van der Waals surface area (Å²) >= 11 is 7.53. The Kier molecular flexibility index (Phi) is 5.36. The van der Waals surface area contributed by atoms with Crippen LogP contribution in [0.1, 0.15) is 11.5 Å². The Bertz CT molecular complexity index is 1290. The molecular weight excluding hydrogens is 455 g/mol. The molecule has 1 atom stereocenters. The van der Waals surface area contributed by atoms with Gasteiger partial charge in [0.1, 0.15) is 18.1 Å². The van der Waals surface area contributed by atoms with Crippen molar-refractivity contribution in [1.29, 1.82) is 0 Å². The molecule has 0 saturated heterocycles. The van der Waals surface area contributed by atoms with Crippen LogP contribution in [-0.2, 0) is 17.9 Å². The molecule has 10 heteroatoms. The molecule has 0 bridgehead atoms. The SMILES string of the molecule is O=C1C2SC=CC2=[N+](Cc2nc(-c3ccccc3Cl)no2)C(=O)N1Cc1ccc(F)cc1. The second kappa shape index (κ2) is 8.33. The predicted octanol–water partition coefficient (Wildman–Crippen LogP) is 4.27. The van der Waals surface area contributed by atoms with Crippen LogP contribution in [0.15, 0.2) is 64.5 Å². The maximum atomic E-state index is 13.3. The zero-order chi connectivity index (χ0) is 22.2. The van der Waals surface area contributed by atoms with Crippen LogP contribution in [0.4, 0.5) is 9.18 Å². The second-order valence-corrected chi connectivity index (χ2v) is 8.58. The molecule has 0 aliphatic carbocycles. The van der Waals surface area contributed by atoms with E-state index < -0.39 is 11.3 Å². The fraction of sp³-hybridized carbons (Fsp3) is 0.136. The molecule has 0 saturated carbocycles. The van der Waals surface area contributed by atoms with Gasteiger partial charge in [-0.1, -0.05) is 41.0 Å². The zero-order valence-corrected chi connectivity index (χ0v) is 18.0. The van der Waals surface area contributed by atoms with E-state index in [0.29, 0.717) is 27.7 Å². The Hall–Kier alpha value is -3.30. The van der Waals surface area contributed by atoms with Crippen LogP contribution in [0.25, 0.3) is 11.4 Å². The van der Waals surface area contributed by atoms with Crippen LogP contribution in [0, 0.1) is 5.82 Å². The maximum absolute atomic E-state index is 13.3. The number of nitrogens with zero attached hydrogens (tertiary/aromatic N) is 4. The van der Waals surface area contributed by atoms with Crippen molar-refractivity contribution >= 4 is 41.0 Å². The second-order valence-electron chi connectivity index (χ2n) is 7.15. The van der Waals surface area contributed by atoms with E-state index in [2.05, 4.69) is 10.1 Å². The van der Waals surface area contributed by atoms with Crippen LogP contribution < -0.4 is 0 Å². The number of fused-ring (bicyclic) bond motifs is 1. The Morgan fingerprint density at radius 3 is 2.72 bits per heavy atom. The summed E-state index contributed by atoms with van der Waals surface area (Å²) < 4.78 is 20.1. The quantitative estimate of drug-likeness (QED) is 0.519. The van der Waals surface area contributed by atoms with Gasteiger partial charge in [-0.25, -0.2) is 9.18 Å². The Balaban J connectivity index is 1.44. The van der Waals surface area contributed by atoms with Crippen LogP contribution in [0.2, 0.25) is 5.02 Å². The Morgan fingerprint density at radius 1 is 1.16 bits per heavy atom. The highest BCUT2D eigenvalue weighted by molar-refractivity contribution is 8.04. The molecule has 2 aliphatic rings. The Morgan fingerprint density at radius 2 is 1.94 bits per heavy atom. The van der Waals surface area contributed by atoms with Gasteiger partial charge < -0.3 is 4.52 Å². The van der Waals surface area contributed by atoms with E-state index in [1.165, 1.54) is 28.5 Å². The number of halogens is 2. The van der Waals surface area contributed by atoms with Gasteiger partial charge in [0.15, 0.2) is 11.8 Å². The van der Waals surface area contributed by atoms with Gasteiger partial charge in [-0.15, -0.1) is 11.8 Å². The first-order chi connectivity index (χ1) is 15.5. The van der Waals surface area contributed by atoms with E-state index in [1.54, 1.807) is 41.8 Å². The highest BCUT2D eigenvalue weighted by Gasteiger charge is 2.49. The van der Waals surface area contributed by atoms with Crippen molar-refractivity contribution < 1.29 is 23.1 Å². The number of carbonyl (C=O) groups is 2. The normalized spacial score (nSPS) is 17.9. The summed E-state index contributed by atoms with van der Waals surface area (Å²) in [4.78, 5) is 31.8. The summed E-state index contributed by atoms with van der Waals surface area (Å²) in [5.41, 5.74) is 1.83. The van der Waals surface area contributed by atoms with Gasteiger partial charge >= 0.3 is 11.9 Å². The van der Waals surface area contributed by atoms with E-state index in [1.807, 2.05) is 6.07 Å². The lowest BCUT2D eigenvalue weighted by Gasteiger charge is -2.23. The summed E-state index contributed by atoms with van der Waals surface area (Å²) in [6.07, 6.45) is 1.74. The highest BCUT2D eigenvalue weighted by atomic mass is 35.5. The molecule has 2 aliphatic heterocycles. The van der Waals surface area contributed by atoms with Crippen molar-refractivity contribution in [2.24, 2.45) is 0 Å². The minimum atomic E-state index is -0.542. The summed E-state index contributed by atoms with van der Waals surface area (Å²) in [7, 11) is 0. The molecule has 0 radical (unpaired) electrons. The number of hydrogen-bond acceptors (Lipinski definition) is 6. The minimum absolute atomic E-state index is 0.000215. The van der Waals surface area contributed by atoms with E-state index in [4.69, 9.17) is 16.1 Å². The van der Waals surface area contributed by atoms with E-state index in [9.17, 15) is 14.0 Å². The number of hydrogen-bond donors (Lipinski definition) is 0. The van der Waals surface area contributed by atoms with Crippen LogP contribution in [0.5, 0.6) is 0 Å². The third-order valence-corrected chi connectivity index (χ3v) is 6.45. The molecule has 32 heavy (non-hydrogen) atoms. The third-order valence-electron chi connectivity index (χ3n) is 5.12. The van der Waals surface area contributed by atoms with Gasteiger partial charge in [-0.2, -0.15) is 19.3 Å². The summed E-state index contributed by atoms with van der Waals surface area (Å²) in [6.45, 7) is 0.0354. The number of carbonyl (C=O) groups excluding carboxylic acids is 2. The first kappa shape index (κ1) is 20.6. The number of allylic oxidation sites excluding steroid dienone is 1. The molecular formula is C22H15ClFN4O3S+. The molecule has 1 unspecified atom stereocenters. The first-order valence-corrected chi connectivity index (χ1v) is 11.0. The van der Waals surface area contributed by atoms with Crippen molar-refractivity contribution in [3.8, 4) is 11.4 Å². The molecule has 3 amide bonds. The molecule has 3 aromatic rings. The molecule has 0 spiro atoms. The molecule has 3 heterocycles. The van der Waals surface area contributed by atoms with Gasteiger partial charge in [0, 0.05) is 5.56 Å². The van der Waals surface area contributed by atoms with E-state index >= 15 is 0 Å². The van der Waals surface area contributed by atoms with Gasteiger partial charge in [0.2, 0.25) is 5.82 Å². The van der Waals surface area contributed by atoms with E-state index in [-0.39, 0.29) is 30.7 Å². The molecule has 0 fully saturated rings. The van der Waals surface area contributed by atoms with Crippen LogP contribution in [-0.4, -0.2) is 42.5 Å². The summed E-state index contributed by atoms with van der Waals surface area (Å²) in [6, 6.07) is 12.3.